The topological polar surface area (TPSA) is 47.9 Å². The molecule has 3 aromatic carbocycles. The van der Waals surface area contributed by atoms with Gasteiger partial charge in [-0.05, 0) is 59.2 Å². The number of esters is 1. The average Bonchev–Trinajstić information content (AvgIpc) is 2.69. The molecule has 0 saturated heterocycles. The van der Waals surface area contributed by atoms with Gasteiger partial charge in [-0.2, -0.15) is 0 Å². The minimum Gasteiger partial charge on any atom is -0.497 e. The van der Waals surface area contributed by atoms with Crippen molar-refractivity contribution in [2.75, 3.05) is 13.7 Å². The van der Waals surface area contributed by atoms with Gasteiger partial charge >= 0.3 is 5.97 Å². The van der Waals surface area contributed by atoms with Gasteiger partial charge in [0.15, 0.2) is 6.04 Å². The minimum absolute atomic E-state index is 0.320. The number of hydrogen-bond acceptors (Lipinski definition) is 4. The van der Waals surface area contributed by atoms with Crippen LogP contribution in [0, 0.1) is 0 Å². The van der Waals surface area contributed by atoms with Crippen LogP contribution in [0.3, 0.4) is 0 Å². The highest BCUT2D eigenvalue weighted by atomic mass is 16.5. The summed E-state index contributed by atoms with van der Waals surface area (Å²) < 4.78 is 10.4. The zero-order valence-corrected chi connectivity index (χ0v) is 14.9. The monoisotopic (exact) mass is 347 g/mol. The Labute approximate surface area is 153 Å². The van der Waals surface area contributed by atoms with Crippen molar-refractivity contribution < 1.29 is 14.3 Å². The Hall–Kier alpha value is -3.14. The minimum atomic E-state index is -0.693. The lowest BCUT2D eigenvalue weighted by atomic mass is 10.0. The van der Waals surface area contributed by atoms with E-state index in [9.17, 15) is 4.79 Å². The summed E-state index contributed by atoms with van der Waals surface area (Å²) in [7, 11) is 1.62. The van der Waals surface area contributed by atoms with Gasteiger partial charge in [0.05, 0.1) is 13.7 Å². The van der Waals surface area contributed by atoms with Crippen LogP contribution in [0.2, 0.25) is 0 Å². The highest BCUT2D eigenvalue weighted by Gasteiger charge is 2.20. The lowest BCUT2D eigenvalue weighted by Crippen LogP contribution is -2.14. The third-order valence-electron chi connectivity index (χ3n) is 4.09. The molecule has 1 atom stereocenters. The van der Waals surface area contributed by atoms with Gasteiger partial charge in [-0.15, -0.1) is 0 Å². The van der Waals surface area contributed by atoms with Crippen LogP contribution in [-0.4, -0.2) is 25.9 Å². The summed E-state index contributed by atoms with van der Waals surface area (Å²) in [5.41, 5.74) is 1.70. The molecule has 0 aromatic heterocycles. The Balaban J connectivity index is 1.92. The summed E-state index contributed by atoms with van der Waals surface area (Å²) in [4.78, 5) is 17.0. The van der Waals surface area contributed by atoms with Gasteiger partial charge in [-0.1, -0.05) is 36.4 Å². The van der Waals surface area contributed by atoms with Crippen LogP contribution >= 0.6 is 0 Å². The van der Waals surface area contributed by atoms with Crippen LogP contribution in [0.25, 0.3) is 10.8 Å². The molecule has 3 rings (SSSR count). The zero-order valence-electron chi connectivity index (χ0n) is 14.9. The molecule has 132 valence electrons. The average molecular weight is 347 g/mol. The molecule has 0 fully saturated rings. The number of aliphatic imine (C=N–C) groups is 1. The van der Waals surface area contributed by atoms with Crippen LogP contribution in [-0.2, 0) is 9.53 Å². The second-order valence-electron chi connectivity index (χ2n) is 5.81. The van der Waals surface area contributed by atoms with Crippen LogP contribution in [0.4, 0.5) is 0 Å². The maximum atomic E-state index is 12.4. The molecule has 0 radical (unpaired) electrons. The number of hydrogen-bond donors (Lipinski definition) is 0. The fraction of sp³-hybridized carbons (Fsp3) is 0.182. The number of rotatable bonds is 6. The largest absolute Gasteiger partial charge is 0.497 e. The molecule has 0 saturated carbocycles. The van der Waals surface area contributed by atoms with Gasteiger partial charge in [0.2, 0.25) is 0 Å². The first-order chi connectivity index (χ1) is 12.7. The molecular weight excluding hydrogens is 326 g/mol. The Bertz CT molecular complexity index is 916. The van der Waals surface area contributed by atoms with E-state index in [4.69, 9.17) is 9.47 Å². The molecule has 3 aromatic rings. The molecule has 0 N–H and O–H groups in total. The van der Waals surface area contributed by atoms with Gasteiger partial charge in [0.25, 0.3) is 0 Å². The van der Waals surface area contributed by atoms with Crippen molar-refractivity contribution in [1.82, 2.24) is 0 Å². The highest BCUT2D eigenvalue weighted by Crippen LogP contribution is 2.24. The first kappa shape index (κ1) is 17.7. The molecule has 1 unspecified atom stereocenters. The number of methoxy groups -OCH3 is 1. The van der Waals surface area contributed by atoms with Crippen LogP contribution < -0.4 is 4.74 Å². The number of fused-ring (bicyclic) bond motifs is 1. The lowest BCUT2D eigenvalue weighted by Gasteiger charge is -2.13. The van der Waals surface area contributed by atoms with Crippen molar-refractivity contribution in [1.29, 1.82) is 0 Å². The molecule has 0 aliphatic carbocycles. The molecular formula is C22H21NO3. The van der Waals surface area contributed by atoms with Crippen LogP contribution in [0.15, 0.2) is 71.7 Å². The Morgan fingerprint density at radius 1 is 1.04 bits per heavy atom. The number of benzene rings is 3. The molecule has 0 bridgehead atoms. The first-order valence-corrected chi connectivity index (χ1v) is 8.54. The summed E-state index contributed by atoms with van der Waals surface area (Å²) in [6, 6.07) is 20.8. The molecule has 4 heteroatoms. The van der Waals surface area contributed by atoms with Gasteiger partial charge in [-0.3, -0.25) is 4.99 Å². The quantitative estimate of drug-likeness (QED) is 0.485. The number of ether oxygens (including phenoxy) is 2. The van der Waals surface area contributed by atoms with Crippen LogP contribution in [0.1, 0.15) is 24.1 Å². The predicted molar refractivity (Wildman–Crippen MR) is 104 cm³/mol. The van der Waals surface area contributed by atoms with E-state index in [1.807, 2.05) is 66.7 Å². The summed E-state index contributed by atoms with van der Waals surface area (Å²) in [6.45, 7) is 2.11. The van der Waals surface area contributed by atoms with Crippen molar-refractivity contribution in [3.8, 4) is 5.75 Å². The Kier molecular flexibility index (Phi) is 5.64. The van der Waals surface area contributed by atoms with Crippen molar-refractivity contribution in [2.45, 2.75) is 13.0 Å². The number of carbonyl (C=O) groups is 1. The fourth-order valence-corrected chi connectivity index (χ4v) is 2.73. The summed E-state index contributed by atoms with van der Waals surface area (Å²) in [5, 5.41) is 2.19. The van der Waals surface area contributed by atoms with Crippen molar-refractivity contribution >= 4 is 23.0 Å². The second-order valence-corrected chi connectivity index (χ2v) is 5.81. The van der Waals surface area contributed by atoms with E-state index in [-0.39, 0.29) is 5.97 Å². The summed E-state index contributed by atoms with van der Waals surface area (Å²) >= 11 is 0. The Morgan fingerprint density at radius 2 is 1.77 bits per heavy atom. The third-order valence-corrected chi connectivity index (χ3v) is 4.09. The van der Waals surface area contributed by atoms with Crippen molar-refractivity contribution in [3.05, 3.63) is 77.9 Å². The number of nitrogens with zero attached hydrogens (tertiary/aromatic N) is 1. The molecule has 0 amide bonds. The molecule has 0 aliphatic rings. The lowest BCUT2D eigenvalue weighted by molar-refractivity contribution is -0.144. The normalized spacial score (nSPS) is 12.2. The maximum Gasteiger partial charge on any atom is 0.335 e. The van der Waals surface area contributed by atoms with Gasteiger partial charge in [0.1, 0.15) is 5.75 Å². The smallest absolute Gasteiger partial charge is 0.335 e. The molecule has 26 heavy (non-hydrogen) atoms. The van der Waals surface area contributed by atoms with Gasteiger partial charge in [0, 0.05) is 6.21 Å². The van der Waals surface area contributed by atoms with E-state index in [2.05, 4.69) is 4.99 Å². The van der Waals surface area contributed by atoms with E-state index in [1.165, 1.54) is 0 Å². The molecule has 0 aliphatic heterocycles. The van der Waals surface area contributed by atoms with E-state index in [1.54, 1.807) is 20.2 Å². The number of carbonyl (C=O) groups excluding carboxylic acids is 1. The molecule has 0 spiro atoms. The standard InChI is InChI=1S/C22H21NO3/c1-3-26-22(24)21(23-15-16-8-12-20(25-2)13-9-16)19-11-10-17-6-4-5-7-18(17)14-19/h4-15,21H,3H2,1-2H3. The first-order valence-electron chi connectivity index (χ1n) is 8.54. The van der Waals surface area contributed by atoms with Crippen LogP contribution in [0.5, 0.6) is 5.75 Å². The van der Waals surface area contributed by atoms with E-state index in [0.29, 0.717) is 6.61 Å². The van der Waals surface area contributed by atoms with E-state index >= 15 is 0 Å². The van der Waals surface area contributed by atoms with Crippen molar-refractivity contribution in [2.24, 2.45) is 4.99 Å². The second kappa shape index (κ2) is 8.30. The molecule has 0 heterocycles. The highest BCUT2D eigenvalue weighted by molar-refractivity contribution is 5.88. The van der Waals surface area contributed by atoms with Gasteiger partial charge in [-0.25, -0.2) is 4.79 Å². The predicted octanol–water partition coefficient (Wildman–Crippen LogP) is 4.57. The van der Waals surface area contributed by atoms with Gasteiger partial charge < -0.3 is 9.47 Å². The van der Waals surface area contributed by atoms with Crippen molar-refractivity contribution in [3.63, 3.8) is 0 Å². The SMILES string of the molecule is CCOC(=O)C(N=Cc1ccc(OC)cc1)c1ccc2ccccc2c1. The maximum absolute atomic E-state index is 12.4. The molecule has 4 nitrogen and oxygen atoms in total. The van der Waals surface area contributed by atoms with E-state index < -0.39 is 6.04 Å². The Morgan fingerprint density at radius 3 is 2.46 bits per heavy atom. The summed E-state index contributed by atoms with van der Waals surface area (Å²) in [5.74, 6) is 0.422. The summed E-state index contributed by atoms with van der Waals surface area (Å²) in [6.07, 6.45) is 1.69. The fourth-order valence-electron chi connectivity index (χ4n) is 2.73. The third kappa shape index (κ3) is 4.09. The van der Waals surface area contributed by atoms with E-state index in [0.717, 1.165) is 27.6 Å². The zero-order chi connectivity index (χ0) is 18.4.